The van der Waals surface area contributed by atoms with Crippen LogP contribution in [0.3, 0.4) is 0 Å². The zero-order chi connectivity index (χ0) is 20.9. The lowest BCUT2D eigenvalue weighted by Gasteiger charge is -2.31. The molecular formula is C24H27N3O3. The third kappa shape index (κ3) is 4.22. The topological polar surface area (TPSA) is 64.4 Å². The lowest BCUT2D eigenvalue weighted by molar-refractivity contribution is -0.133. The van der Waals surface area contributed by atoms with Gasteiger partial charge in [0.2, 0.25) is 5.91 Å². The lowest BCUT2D eigenvalue weighted by Crippen LogP contribution is -2.36. The van der Waals surface area contributed by atoms with Gasteiger partial charge in [0.1, 0.15) is 5.75 Å². The fourth-order valence-corrected chi connectivity index (χ4v) is 4.20. The van der Waals surface area contributed by atoms with Crippen molar-refractivity contribution < 1.29 is 9.53 Å². The molecule has 4 rings (SSSR count). The first-order valence-electron chi connectivity index (χ1n) is 10.5. The van der Waals surface area contributed by atoms with Crippen molar-refractivity contribution in [2.24, 2.45) is 0 Å². The van der Waals surface area contributed by atoms with Gasteiger partial charge in [0.25, 0.3) is 5.56 Å². The van der Waals surface area contributed by atoms with Crippen LogP contribution in [0.25, 0.3) is 10.9 Å². The predicted octanol–water partition coefficient (Wildman–Crippen LogP) is 3.94. The van der Waals surface area contributed by atoms with Gasteiger partial charge in [-0.05, 0) is 42.7 Å². The van der Waals surface area contributed by atoms with Gasteiger partial charge in [-0.3, -0.25) is 14.2 Å². The Balaban J connectivity index is 1.51. The minimum Gasteiger partial charge on any atom is -0.497 e. The molecule has 0 radical (unpaired) electrons. The molecule has 1 fully saturated rings. The Morgan fingerprint density at radius 1 is 1.10 bits per heavy atom. The number of benzene rings is 2. The van der Waals surface area contributed by atoms with Crippen LogP contribution in [0.1, 0.15) is 43.7 Å². The number of methoxy groups -OCH3 is 1. The van der Waals surface area contributed by atoms with Crippen LogP contribution >= 0.6 is 0 Å². The van der Waals surface area contributed by atoms with E-state index in [0.29, 0.717) is 17.4 Å². The van der Waals surface area contributed by atoms with E-state index in [1.54, 1.807) is 24.1 Å². The second kappa shape index (κ2) is 9.11. The maximum atomic E-state index is 13.2. The summed E-state index contributed by atoms with van der Waals surface area (Å²) in [6.45, 7) is 1.09. The molecule has 0 bridgehead atoms. The molecule has 0 aliphatic carbocycles. The van der Waals surface area contributed by atoms with Crippen molar-refractivity contribution >= 4 is 16.8 Å². The van der Waals surface area contributed by atoms with Crippen LogP contribution in [-0.4, -0.2) is 34.0 Å². The summed E-state index contributed by atoms with van der Waals surface area (Å²) < 4.78 is 6.81. The second-order valence-electron chi connectivity index (χ2n) is 7.74. The van der Waals surface area contributed by atoms with Crippen molar-refractivity contribution in [1.29, 1.82) is 0 Å². The third-order valence-corrected chi connectivity index (χ3v) is 5.87. The molecule has 1 aliphatic heterocycles. The van der Waals surface area contributed by atoms with Gasteiger partial charge in [-0.25, -0.2) is 4.98 Å². The quantitative estimate of drug-likeness (QED) is 0.645. The van der Waals surface area contributed by atoms with Gasteiger partial charge in [-0.2, -0.15) is 0 Å². The monoisotopic (exact) mass is 405 g/mol. The van der Waals surface area contributed by atoms with Crippen molar-refractivity contribution in [3.8, 4) is 5.75 Å². The Labute approximate surface area is 176 Å². The van der Waals surface area contributed by atoms with Crippen molar-refractivity contribution in [2.75, 3.05) is 13.7 Å². The van der Waals surface area contributed by atoms with E-state index in [2.05, 4.69) is 4.98 Å². The zero-order valence-corrected chi connectivity index (χ0v) is 17.3. The molecular weight excluding hydrogens is 378 g/mol. The normalized spacial score (nSPS) is 17.0. The number of likely N-dealkylation sites (tertiary alicyclic amines) is 1. The molecule has 3 aromatic rings. The number of carbonyl (C=O) groups excluding carboxylic acids is 1. The molecule has 30 heavy (non-hydrogen) atoms. The Morgan fingerprint density at radius 3 is 2.70 bits per heavy atom. The molecule has 2 heterocycles. The van der Waals surface area contributed by atoms with Crippen LogP contribution in [0.5, 0.6) is 5.75 Å². The summed E-state index contributed by atoms with van der Waals surface area (Å²) in [5.41, 5.74) is 1.71. The highest BCUT2D eigenvalue weighted by molar-refractivity contribution is 5.78. The van der Waals surface area contributed by atoms with E-state index in [1.807, 2.05) is 47.4 Å². The number of amides is 1. The summed E-state index contributed by atoms with van der Waals surface area (Å²) in [6, 6.07) is 15.4. The van der Waals surface area contributed by atoms with Crippen LogP contribution in [-0.2, 0) is 11.3 Å². The first-order chi connectivity index (χ1) is 14.7. The number of rotatable bonds is 5. The molecule has 1 amide bonds. The Hall–Kier alpha value is -3.15. The zero-order valence-electron chi connectivity index (χ0n) is 17.3. The average molecular weight is 405 g/mol. The molecule has 6 heteroatoms. The fourth-order valence-electron chi connectivity index (χ4n) is 4.20. The molecule has 156 valence electrons. The summed E-state index contributed by atoms with van der Waals surface area (Å²) >= 11 is 0. The number of aromatic nitrogens is 2. The Bertz CT molecular complexity index is 1070. The number of nitrogens with zero attached hydrogens (tertiary/aromatic N) is 3. The average Bonchev–Trinajstić information content (AvgIpc) is 3.05. The molecule has 6 nitrogen and oxygen atoms in total. The summed E-state index contributed by atoms with van der Waals surface area (Å²) in [4.78, 5) is 32.2. The maximum absolute atomic E-state index is 13.2. The number of para-hydroxylation sites is 1. The number of fused-ring (bicyclic) bond motifs is 1. The molecule has 0 N–H and O–H groups in total. The lowest BCUT2D eigenvalue weighted by atomic mass is 10.0. The van der Waals surface area contributed by atoms with E-state index < -0.39 is 0 Å². The number of hydrogen-bond donors (Lipinski definition) is 0. The summed E-state index contributed by atoms with van der Waals surface area (Å²) in [5, 5.41) is 0.582. The van der Waals surface area contributed by atoms with Gasteiger partial charge in [-0.15, -0.1) is 0 Å². The second-order valence-corrected chi connectivity index (χ2v) is 7.74. The number of ether oxygens (including phenoxy) is 1. The highest BCUT2D eigenvalue weighted by Crippen LogP contribution is 2.31. The number of hydrogen-bond acceptors (Lipinski definition) is 4. The van der Waals surface area contributed by atoms with Gasteiger partial charge in [-0.1, -0.05) is 37.1 Å². The first-order valence-corrected chi connectivity index (χ1v) is 10.5. The SMILES string of the molecule is COc1ccc([C@H]2CCCCCN2C(=O)CCn2cnc3ccccc3c2=O)cc1. The molecule has 0 saturated carbocycles. The largest absolute Gasteiger partial charge is 0.497 e. The van der Waals surface area contributed by atoms with Crippen molar-refractivity contribution in [2.45, 2.75) is 44.7 Å². The minimum absolute atomic E-state index is 0.0670. The van der Waals surface area contributed by atoms with Gasteiger partial charge in [0, 0.05) is 19.5 Å². The summed E-state index contributed by atoms with van der Waals surface area (Å²) in [5.74, 6) is 0.895. The molecule has 0 spiro atoms. The van der Waals surface area contributed by atoms with E-state index in [9.17, 15) is 9.59 Å². The molecule has 1 saturated heterocycles. The van der Waals surface area contributed by atoms with Crippen LogP contribution in [0.15, 0.2) is 59.7 Å². The van der Waals surface area contributed by atoms with E-state index in [4.69, 9.17) is 4.74 Å². The molecule has 2 aromatic carbocycles. The van der Waals surface area contributed by atoms with E-state index in [-0.39, 0.29) is 23.9 Å². The van der Waals surface area contributed by atoms with E-state index in [1.165, 1.54) is 0 Å². The van der Waals surface area contributed by atoms with Crippen molar-refractivity contribution in [1.82, 2.24) is 14.5 Å². The highest BCUT2D eigenvalue weighted by atomic mass is 16.5. The van der Waals surface area contributed by atoms with Gasteiger partial charge in [0.05, 0.1) is 30.4 Å². The maximum Gasteiger partial charge on any atom is 0.261 e. The highest BCUT2D eigenvalue weighted by Gasteiger charge is 2.26. The predicted molar refractivity (Wildman–Crippen MR) is 117 cm³/mol. The Morgan fingerprint density at radius 2 is 1.90 bits per heavy atom. The minimum atomic E-state index is -0.101. The van der Waals surface area contributed by atoms with Crippen LogP contribution < -0.4 is 10.3 Å². The van der Waals surface area contributed by atoms with Crippen molar-refractivity contribution in [3.05, 3.63) is 70.8 Å². The fraction of sp³-hybridized carbons (Fsp3) is 0.375. The van der Waals surface area contributed by atoms with Gasteiger partial charge < -0.3 is 9.64 Å². The smallest absolute Gasteiger partial charge is 0.261 e. The van der Waals surface area contributed by atoms with Crippen LogP contribution in [0.4, 0.5) is 0 Å². The molecule has 0 unspecified atom stereocenters. The standard InChI is InChI=1S/C24H27N3O3/c1-30-19-12-10-18(11-13-19)22-9-3-2-6-15-27(22)23(28)14-16-26-17-25-21-8-5-4-7-20(21)24(26)29/h4-5,7-8,10-13,17,22H,2-3,6,9,14-16H2,1H3/t22-/m1/s1. The summed E-state index contributed by atoms with van der Waals surface area (Å²) in [6.07, 6.45) is 6.03. The van der Waals surface area contributed by atoms with Crippen LogP contribution in [0, 0.1) is 0 Å². The third-order valence-electron chi connectivity index (χ3n) is 5.87. The van der Waals surface area contributed by atoms with E-state index in [0.717, 1.165) is 43.5 Å². The van der Waals surface area contributed by atoms with Gasteiger partial charge in [0.15, 0.2) is 0 Å². The number of carbonyl (C=O) groups is 1. The van der Waals surface area contributed by atoms with Gasteiger partial charge >= 0.3 is 0 Å². The summed E-state index contributed by atoms with van der Waals surface area (Å²) in [7, 11) is 1.65. The number of aryl methyl sites for hydroxylation is 1. The Kier molecular flexibility index (Phi) is 6.12. The van der Waals surface area contributed by atoms with E-state index >= 15 is 0 Å². The van der Waals surface area contributed by atoms with Crippen molar-refractivity contribution in [3.63, 3.8) is 0 Å². The molecule has 1 aliphatic rings. The molecule has 1 aromatic heterocycles. The molecule has 1 atom stereocenters. The first kappa shape index (κ1) is 20.1. The van der Waals surface area contributed by atoms with Crippen LogP contribution in [0.2, 0.25) is 0 Å².